The average Bonchev–Trinajstić information content (AvgIpc) is 3.38. The molecule has 26 heavy (non-hydrogen) atoms. The van der Waals surface area contributed by atoms with Crippen LogP contribution in [0.5, 0.6) is 0 Å². The lowest BCUT2D eigenvalue weighted by Gasteiger charge is -2.40. The topological polar surface area (TPSA) is 47.6 Å². The van der Waals surface area contributed by atoms with Crippen LogP contribution in [0.1, 0.15) is 28.1 Å². The Morgan fingerprint density at radius 3 is 2.62 bits per heavy atom. The number of amides is 1. The first-order valence-corrected chi connectivity index (χ1v) is 9.99. The summed E-state index contributed by atoms with van der Waals surface area (Å²) in [7, 11) is 0. The highest BCUT2D eigenvalue weighted by molar-refractivity contribution is 7.12. The number of thiophene rings is 1. The molecule has 2 aliphatic rings. The zero-order valence-electron chi connectivity index (χ0n) is 14.7. The van der Waals surface area contributed by atoms with Gasteiger partial charge in [-0.3, -0.25) is 9.69 Å². The summed E-state index contributed by atoms with van der Waals surface area (Å²) in [5.74, 6) is 0.118. The summed E-state index contributed by atoms with van der Waals surface area (Å²) >= 11 is 1.51. The molecule has 2 aromatic rings. The fraction of sp³-hybridized carbons (Fsp3) is 0.350. The third-order valence-electron chi connectivity index (χ3n) is 5.06. The number of likely N-dealkylation sites (tertiary alicyclic amines) is 1. The van der Waals surface area contributed by atoms with Crippen molar-refractivity contribution in [3.05, 3.63) is 70.6 Å². The van der Waals surface area contributed by atoms with Crippen molar-refractivity contribution >= 4 is 17.2 Å². The lowest BCUT2D eigenvalue weighted by atomic mass is 10.0. The molecule has 5 nitrogen and oxygen atoms in total. The molecule has 0 aliphatic carbocycles. The van der Waals surface area contributed by atoms with Gasteiger partial charge in [-0.15, -0.1) is 11.3 Å². The average molecular weight is 369 g/mol. The van der Waals surface area contributed by atoms with Gasteiger partial charge >= 0.3 is 0 Å². The van der Waals surface area contributed by atoms with Crippen LogP contribution >= 0.6 is 11.3 Å². The van der Waals surface area contributed by atoms with Crippen molar-refractivity contribution in [1.29, 1.82) is 0 Å². The molecule has 2 aliphatic heterocycles. The Morgan fingerprint density at radius 1 is 1.15 bits per heavy atom. The van der Waals surface area contributed by atoms with E-state index in [1.165, 1.54) is 16.9 Å². The summed E-state index contributed by atoms with van der Waals surface area (Å²) in [6, 6.07) is 14.7. The van der Waals surface area contributed by atoms with E-state index in [-0.39, 0.29) is 18.1 Å². The highest BCUT2D eigenvalue weighted by atomic mass is 32.1. The zero-order valence-corrected chi connectivity index (χ0v) is 15.5. The highest BCUT2D eigenvalue weighted by Crippen LogP contribution is 2.24. The van der Waals surface area contributed by atoms with Crippen molar-refractivity contribution in [3.8, 4) is 0 Å². The molecule has 1 saturated heterocycles. The van der Waals surface area contributed by atoms with Crippen molar-refractivity contribution in [2.45, 2.75) is 31.6 Å². The van der Waals surface area contributed by atoms with E-state index in [0.717, 1.165) is 37.4 Å². The number of hydrazine groups is 1. The van der Waals surface area contributed by atoms with Gasteiger partial charge in [0.25, 0.3) is 5.91 Å². The Labute approximate surface area is 158 Å². The number of carbonyl (C=O) groups excluding carboxylic acids is 1. The number of carbonyl (C=O) groups is 1. The Bertz CT molecular complexity index is 738. The number of benzene rings is 1. The minimum atomic E-state index is -0.0877. The molecule has 1 unspecified atom stereocenters. The molecule has 1 aromatic carbocycles. The minimum Gasteiger partial charge on any atom is -0.327 e. The van der Waals surface area contributed by atoms with Gasteiger partial charge in [0.1, 0.15) is 6.17 Å². The Hall–Kier alpha value is -2.15. The second-order valence-electron chi connectivity index (χ2n) is 6.78. The second-order valence-corrected chi connectivity index (χ2v) is 7.72. The molecule has 0 spiro atoms. The molecule has 1 aromatic heterocycles. The monoisotopic (exact) mass is 368 g/mol. The van der Waals surface area contributed by atoms with Gasteiger partial charge in [0, 0.05) is 31.9 Å². The smallest absolute Gasteiger partial charge is 0.265 e. The number of nitrogens with zero attached hydrogens (tertiary/aromatic N) is 2. The Balaban J connectivity index is 1.42. The lowest BCUT2D eigenvalue weighted by molar-refractivity contribution is 0.0453. The predicted molar refractivity (Wildman–Crippen MR) is 104 cm³/mol. The summed E-state index contributed by atoms with van der Waals surface area (Å²) in [5.41, 5.74) is 7.53. The third-order valence-corrected chi connectivity index (χ3v) is 5.92. The molecule has 6 heteroatoms. The largest absolute Gasteiger partial charge is 0.327 e. The van der Waals surface area contributed by atoms with Gasteiger partial charge in [0.2, 0.25) is 0 Å². The van der Waals surface area contributed by atoms with Gasteiger partial charge in [0.05, 0.1) is 4.88 Å². The van der Waals surface area contributed by atoms with E-state index in [2.05, 4.69) is 46.1 Å². The summed E-state index contributed by atoms with van der Waals surface area (Å²) in [4.78, 5) is 18.4. The minimum absolute atomic E-state index is 0.0877. The van der Waals surface area contributed by atoms with Crippen molar-refractivity contribution in [1.82, 2.24) is 20.7 Å². The molecule has 3 heterocycles. The van der Waals surface area contributed by atoms with Gasteiger partial charge in [0.15, 0.2) is 0 Å². The quantitative estimate of drug-likeness (QED) is 0.852. The molecule has 0 radical (unpaired) electrons. The predicted octanol–water partition coefficient (Wildman–Crippen LogP) is 2.80. The number of rotatable bonds is 5. The van der Waals surface area contributed by atoms with E-state index in [9.17, 15) is 4.79 Å². The van der Waals surface area contributed by atoms with Gasteiger partial charge in [-0.2, -0.15) is 0 Å². The van der Waals surface area contributed by atoms with E-state index >= 15 is 0 Å². The SMILES string of the molecule is O=C(c1cccs1)N(C1CCN(Cc2ccccc2)CC1)C1C=CNN1. The maximum Gasteiger partial charge on any atom is 0.265 e. The molecule has 0 saturated carbocycles. The van der Waals surface area contributed by atoms with Crippen LogP contribution < -0.4 is 10.9 Å². The molecule has 1 atom stereocenters. The van der Waals surface area contributed by atoms with Crippen LogP contribution in [0.3, 0.4) is 0 Å². The number of hydrogen-bond acceptors (Lipinski definition) is 5. The third kappa shape index (κ3) is 3.82. The fourth-order valence-electron chi connectivity index (χ4n) is 3.73. The Kier molecular flexibility index (Phi) is 5.34. The Morgan fingerprint density at radius 2 is 1.96 bits per heavy atom. The van der Waals surface area contributed by atoms with Crippen LogP contribution in [0, 0.1) is 0 Å². The molecule has 1 fully saturated rings. The molecule has 2 N–H and O–H groups in total. The summed E-state index contributed by atoms with van der Waals surface area (Å²) in [6.45, 7) is 3.00. The van der Waals surface area contributed by atoms with Crippen molar-refractivity contribution < 1.29 is 4.79 Å². The number of nitrogens with one attached hydrogen (secondary N) is 2. The van der Waals surface area contributed by atoms with Crippen molar-refractivity contribution in [2.75, 3.05) is 13.1 Å². The van der Waals surface area contributed by atoms with Gasteiger partial charge in [-0.1, -0.05) is 36.4 Å². The molecule has 136 valence electrons. The van der Waals surface area contributed by atoms with Gasteiger partial charge < -0.3 is 10.3 Å². The van der Waals surface area contributed by atoms with E-state index in [0.29, 0.717) is 0 Å². The first kappa shape index (κ1) is 17.3. The number of piperidine rings is 1. The van der Waals surface area contributed by atoms with E-state index < -0.39 is 0 Å². The van der Waals surface area contributed by atoms with Gasteiger partial charge in [-0.25, -0.2) is 5.43 Å². The van der Waals surface area contributed by atoms with Crippen molar-refractivity contribution in [2.24, 2.45) is 0 Å². The molecular formula is C20H24N4OS. The maximum atomic E-state index is 13.1. The van der Waals surface area contributed by atoms with Crippen molar-refractivity contribution in [3.63, 3.8) is 0 Å². The normalized spacial score (nSPS) is 20.8. The van der Waals surface area contributed by atoms with Crippen LogP contribution in [-0.4, -0.2) is 41.0 Å². The van der Waals surface area contributed by atoms with E-state index in [1.807, 2.05) is 34.7 Å². The summed E-state index contributed by atoms with van der Waals surface area (Å²) < 4.78 is 0. The summed E-state index contributed by atoms with van der Waals surface area (Å²) in [6.07, 6.45) is 5.78. The fourth-order valence-corrected chi connectivity index (χ4v) is 4.39. The standard InChI is InChI=1S/C20H24N4OS/c25-20(18-7-4-14-26-18)24(19-8-11-21-22-19)17-9-12-23(13-10-17)15-16-5-2-1-3-6-16/h1-8,11,14,17,19,21-22H,9-10,12-13,15H2. The lowest BCUT2D eigenvalue weighted by Crippen LogP contribution is -2.55. The van der Waals surface area contributed by atoms with Crippen LogP contribution in [0.15, 0.2) is 60.1 Å². The highest BCUT2D eigenvalue weighted by Gasteiger charge is 2.34. The van der Waals surface area contributed by atoms with Crippen LogP contribution in [0.25, 0.3) is 0 Å². The van der Waals surface area contributed by atoms with E-state index in [1.54, 1.807) is 0 Å². The van der Waals surface area contributed by atoms with Gasteiger partial charge in [-0.05, 0) is 35.9 Å². The summed E-state index contributed by atoms with van der Waals surface area (Å²) in [5, 5.41) is 1.96. The maximum absolute atomic E-state index is 13.1. The molecule has 4 rings (SSSR count). The molecule has 1 amide bonds. The van der Waals surface area contributed by atoms with Crippen LogP contribution in [-0.2, 0) is 6.54 Å². The van der Waals surface area contributed by atoms with Crippen LogP contribution in [0.4, 0.5) is 0 Å². The first-order chi connectivity index (χ1) is 12.8. The van der Waals surface area contributed by atoms with E-state index in [4.69, 9.17) is 0 Å². The number of hydrogen-bond donors (Lipinski definition) is 2. The second kappa shape index (κ2) is 8.03. The zero-order chi connectivity index (χ0) is 17.8. The van der Waals surface area contributed by atoms with Crippen LogP contribution in [0.2, 0.25) is 0 Å². The molecular weight excluding hydrogens is 344 g/mol. The molecule has 0 bridgehead atoms. The first-order valence-electron chi connectivity index (χ1n) is 9.11.